The zero-order chi connectivity index (χ0) is 23.1. The Bertz CT molecular complexity index is 1130. The summed E-state index contributed by atoms with van der Waals surface area (Å²) in [5.74, 6) is -4.34. The molecule has 3 rings (SSSR count). The van der Waals surface area contributed by atoms with Crippen molar-refractivity contribution in [2.75, 3.05) is 25.6 Å². The van der Waals surface area contributed by atoms with Crippen LogP contribution >= 0.6 is 0 Å². The number of aromatic nitrogens is 2. The maximum Gasteiger partial charge on any atom is 0.363 e. The maximum absolute atomic E-state index is 13.2. The average Bonchev–Trinajstić information content (AvgIpc) is 3.24. The van der Waals surface area contributed by atoms with Gasteiger partial charge in [-0.3, -0.25) is 9.59 Å². The fourth-order valence-electron chi connectivity index (χ4n) is 2.57. The Morgan fingerprint density at radius 3 is 2.47 bits per heavy atom. The van der Waals surface area contributed by atoms with Crippen LogP contribution in [0.5, 0.6) is 5.75 Å². The number of hydrogen-bond acceptors (Lipinski definition) is 6. The molecule has 0 saturated heterocycles. The van der Waals surface area contributed by atoms with Gasteiger partial charge in [0.25, 0.3) is 5.91 Å². The Morgan fingerprint density at radius 2 is 1.78 bits per heavy atom. The smallest absolute Gasteiger partial charge is 0.363 e. The van der Waals surface area contributed by atoms with E-state index in [1.165, 1.54) is 24.1 Å². The van der Waals surface area contributed by atoms with Gasteiger partial charge in [-0.1, -0.05) is 18.2 Å². The number of rotatable bonds is 8. The summed E-state index contributed by atoms with van der Waals surface area (Å²) in [5.41, 5.74) is 0.588. The number of nitrogens with one attached hydrogen (secondary N) is 2. The third kappa shape index (κ3) is 5.65. The summed E-state index contributed by atoms with van der Waals surface area (Å²) in [6.45, 7) is -1.14. The Kier molecular flexibility index (Phi) is 7.11. The van der Waals surface area contributed by atoms with Crippen molar-refractivity contribution in [3.8, 4) is 11.4 Å². The molecule has 0 saturated carbocycles. The lowest BCUT2D eigenvalue weighted by Gasteiger charge is -2.08. The summed E-state index contributed by atoms with van der Waals surface area (Å²) < 4.78 is 37.5. The molecule has 1 aromatic heterocycles. The first-order chi connectivity index (χ1) is 15.4. The highest BCUT2D eigenvalue weighted by Crippen LogP contribution is 2.20. The normalized spacial score (nSPS) is 10.3. The number of amides is 2. The number of ether oxygens (including phenoxy) is 2. The van der Waals surface area contributed by atoms with Crippen molar-refractivity contribution in [3.63, 3.8) is 0 Å². The maximum atomic E-state index is 13.2. The number of hydrogen-bond donors (Lipinski definition) is 2. The first-order valence-corrected chi connectivity index (χ1v) is 9.25. The van der Waals surface area contributed by atoms with Crippen molar-refractivity contribution in [1.29, 1.82) is 0 Å². The van der Waals surface area contributed by atoms with E-state index in [0.717, 1.165) is 12.1 Å². The molecule has 2 amide bonds. The molecule has 32 heavy (non-hydrogen) atoms. The molecule has 2 N–H and O–H groups in total. The van der Waals surface area contributed by atoms with Gasteiger partial charge in [-0.05, 0) is 24.3 Å². The molecule has 166 valence electrons. The molecular formula is C21H18F2N4O5. The lowest BCUT2D eigenvalue weighted by Crippen LogP contribution is -2.35. The van der Waals surface area contributed by atoms with Gasteiger partial charge in [0, 0.05) is 11.8 Å². The molecule has 0 aliphatic carbocycles. The number of carbonyl (C=O) groups excluding carboxylic acids is 3. The van der Waals surface area contributed by atoms with Crippen LogP contribution in [0.1, 0.15) is 10.5 Å². The predicted molar refractivity (Wildman–Crippen MR) is 108 cm³/mol. The van der Waals surface area contributed by atoms with Crippen molar-refractivity contribution in [2.24, 2.45) is 0 Å². The topological polar surface area (TPSA) is 112 Å². The lowest BCUT2D eigenvalue weighted by molar-refractivity contribution is -0.126. The van der Waals surface area contributed by atoms with E-state index in [2.05, 4.69) is 15.7 Å². The van der Waals surface area contributed by atoms with E-state index in [1.54, 1.807) is 24.3 Å². The van der Waals surface area contributed by atoms with E-state index in [1.807, 2.05) is 6.07 Å². The van der Waals surface area contributed by atoms with Crippen LogP contribution in [0.3, 0.4) is 0 Å². The zero-order valence-corrected chi connectivity index (χ0v) is 16.8. The van der Waals surface area contributed by atoms with Crippen molar-refractivity contribution in [2.45, 2.75) is 0 Å². The van der Waals surface area contributed by atoms with Crippen LogP contribution in [0.25, 0.3) is 5.69 Å². The number of esters is 1. The lowest BCUT2D eigenvalue weighted by atomic mass is 10.3. The van der Waals surface area contributed by atoms with Crippen LogP contribution in [0.15, 0.2) is 54.7 Å². The van der Waals surface area contributed by atoms with Gasteiger partial charge >= 0.3 is 5.97 Å². The largest absolute Gasteiger partial charge is 0.493 e. The van der Waals surface area contributed by atoms with Crippen LogP contribution in [0.2, 0.25) is 0 Å². The molecule has 1 heterocycles. The monoisotopic (exact) mass is 444 g/mol. The number of carbonyl (C=O) groups is 3. The third-order valence-corrected chi connectivity index (χ3v) is 4.10. The summed E-state index contributed by atoms with van der Waals surface area (Å²) in [6, 6.07) is 11.8. The van der Waals surface area contributed by atoms with Crippen LogP contribution in [-0.2, 0) is 14.3 Å². The minimum absolute atomic E-state index is 0.0238. The average molecular weight is 444 g/mol. The van der Waals surface area contributed by atoms with Crippen LogP contribution in [-0.4, -0.2) is 47.8 Å². The van der Waals surface area contributed by atoms with E-state index in [0.29, 0.717) is 5.69 Å². The molecule has 0 atom stereocenters. The molecule has 11 heteroatoms. The Balaban J connectivity index is 1.50. The molecule has 0 spiro atoms. The number of nitrogens with zero attached hydrogens (tertiary/aromatic N) is 2. The first kappa shape index (κ1) is 22.4. The predicted octanol–water partition coefficient (Wildman–Crippen LogP) is 2.07. The van der Waals surface area contributed by atoms with E-state index >= 15 is 0 Å². The van der Waals surface area contributed by atoms with Crippen molar-refractivity contribution < 1.29 is 32.6 Å². The van der Waals surface area contributed by atoms with Gasteiger partial charge in [-0.2, -0.15) is 5.10 Å². The molecule has 0 aliphatic rings. The molecule has 0 radical (unpaired) electrons. The highest BCUT2D eigenvalue weighted by molar-refractivity contribution is 5.95. The van der Waals surface area contributed by atoms with Gasteiger partial charge in [0.05, 0.1) is 25.5 Å². The Labute approximate surface area is 180 Å². The summed E-state index contributed by atoms with van der Waals surface area (Å²) >= 11 is 0. The van der Waals surface area contributed by atoms with Gasteiger partial charge < -0.3 is 20.1 Å². The van der Waals surface area contributed by atoms with E-state index in [4.69, 9.17) is 9.47 Å². The van der Waals surface area contributed by atoms with Crippen molar-refractivity contribution in [3.05, 3.63) is 72.1 Å². The quantitative estimate of drug-likeness (QED) is 0.515. The van der Waals surface area contributed by atoms with E-state index in [9.17, 15) is 23.2 Å². The molecule has 0 aliphatic heterocycles. The van der Waals surface area contributed by atoms with Crippen LogP contribution in [0, 0.1) is 11.6 Å². The second kappa shape index (κ2) is 10.2. The standard InChI is InChI=1S/C21H18F2N4O5/c1-31-17-11-27(14-5-3-2-4-6-14)26-20(17)21(30)32-12-19(29)24-10-18(28)25-13-7-8-15(22)16(23)9-13/h2-9,11H,10,12H2,1H3,(H,24,29)(H,25,28). The number of anilines is 1. The third-order valence-electron chi connectivity index (χ3n) is 4.10. The van der Waals surface area contributed by atoms with Crippen molar-refractivity contribution >= 4 is 23.5 Å². The van der Waals surface area contributed by atoms with Gasteiger partial charge in [0.2, 0.25) is 11.6 Å². The van der Waals surface area contributed by atoms with Crippen molar-refractivity contribution in [1.82, 2.24) is 15.1 Å². The molecule has 0 fully saturated rings. The Hall–Kier alpha value is -4.28. The second-order valence-corrected chi connectivity index (χ2v) is 6.36. The molecular weight excluding hydrogens is 426 g/mol. The first-order valence-electron chi connectivity index (χ1n) is 9.25. The summed E-state index contributed by atoms with van der Waals surface area (Å²) in [5, 5.41) is 8.66. The van der Waals surface area contributed by atoms with E-state index < -0.39 is 42.6 Å². The molecule has 3 aromatic rings. The van der Waals surface area contributed by atoms with Gasteiger partial charge in [-0.25, -0.2) is 18.3 Å². The highest BCUT2D eigenvalue weighted by atomic mass is 19.2. The van der Waals surface area contributed by atoms with Gasteiger partial charge in [-0.15, -0.1) is 0 Å². The fourth-order valence-corrected chi connectivity index (χ4v) is 2.57. The molecule has 2 aromatic carbocycles. The second-order valence-electron chi connectivity index (χ2n) is 6.36. The van der Waals surface area contributed by atoms with Gasteiger partial charge in [0.1, 0.15) is 0 Å². The number of halogens is 2. The molecule has 9 nitrogen and oxygen atoms in total. The SMILES string of the molecule is COc1cn(-c2ccccc2)nc1C(=O)OCC(=O)NCC(=O)Nc1ccc(F)c(F)c1. The molecule has 0 bridgehead atoms. The summed E-state index contributed by atoms with van der Waals surface area (Å²) in [6.07, 6.45) is 1.49. The van der Waals surface area contributed by atoms with Crippen LogP contribution in [0.4, 0.5) is 14.5 Å². The number of benzene rings is 2. The highest BCUT2D eigenvalue weighted by Gasteiger charge is 2.21. The number of methoxy groups -OCH3 is 1. The zero-order valence-electron chi connectivity index (χ0n) is 16.8. The van der Waals surface area contributed by atoms with Gasteiger partial charge in [0.15, 0.2) is 24.0 Å². The summed E-state index contributed by atoms with van der Waals surface area (Å²) in [4.78, 5) is 36.0. The minimum atomic E-state index is -1.12. The Morgan fingerprint density at radius 1 is 1.03 bits per heavy atom. The summed E-state index contributed by atoms with van der Waals surface area (Å²) in [7, 11) is 1.36. The minimum Gasteiger partial charge on any atom is -0.493 e. The van der Waals surface area contributed by atoms with Crippen LogP contribution < -0.4 is 15.4 Å². The molecule has 0 unspecified atom stereocenters. The van der Waals surface area contributed by atoms with E-state index in [-0.39, 0.29) is 17.1 Å². The fraction of sp³-hybridized carbons (Fsp3) is 0.143. The number of para-hydroxylation sites is 1.